The monoisotopic (exact) mass is 207 g/mol. The maximum atomic E-state index is 11.3. The fraction of sp³-hybridized carbons (Fsp3) is 0.857. The number of nitrogens with zero attached hydrogens (tertiary/aromatic N) is 1. The second-order valence-electron chi connectivity index (χ2n) is 3.08. The van der Waals surface area contributed by atoms with E-state index in [9.17, 15) is 13.2 Å². The highest BCUT2D eigenvalue weighted by atomic mass is 32.2. The van der Waals surface area contributed by atoms with Crippen molar-refractivity contribution in [2.75, 3.05) is 18.8 Å². The predicted molar refractivity (Wildman–Crippen MR) is 46.8 cm³/mol. The van der Waals surface area contributed by atoms with Crippen molar-refractivity contribution in [1.29, 1.82) is 0 Å². The first-order valence-electron chi connectivity index (χ1n) is 4.18. The van der Waals surface area contributed by atoms with E-state index >= 15 is 0 Å². The Morgan fingerprint density at radius 3 is 2.62 bits per heavy atom. The minimum Gasteiger partial charge on any atom is -0.481 e. The molecule has 1 heterocycles. The molecular formula is C7H13NO4S. The molecule has 1 fully saturated rings. The zero-order valence-corrected chi connectivity index (χ0v) is 8.25. The molecule has 76 valence electrons. The molecule has 0 aromatic carbocycles. The zero-order valence-electron chi connectivity index (χ0n) is 7.43. The van der Waals surface area contributed by atoms with E-state index in [0.717, 1.165) is 0 Å². The minimum absolute atomic E-state index is 0.0410. The van der Waals surface area contributed by atoms with Gasteiger partial charge in [-0.3, -0.25) is 4.79 Å². The summed E-state index contributed by atoms with van der Waals surface area (Å²) in [6.45, 7) is 2.03. The molecule has 0 spiro atoms. The molecule has 0 aliphatic carbocycles. The van der Waals surface area contributed by atoms with Crippen molar-refractivity contribution in [2.24, 2.45) is 5.92 Å². The van der Waals surface area contributed by atoms with Crippen LogP contribution in [0.1, 0.15) is 13.3 Å². The Kier molecular flexibility index (Phi) is 2.92. The summed E-state index contributed by atoms with van der Waals surface area (Å²) in [5, 5.41) is 8.65. The number of sulfonamides is 1. The third-order valence-corrected chi connectivity index (χ3v) is 4.11. The Balaban J connectivity index is 2.65. The van der Waals surface area contributed by atoms with Crippen LogP contribution in [0.4, 0.5) is 0 Å². The number of carboxylic acids is 1. The lowest BCUT2D eigenvalue weighted by Gasteiger charge is -2.13. The lowest BCUT2D eigenvalue weighted by atomic mass is 10.1. The predicted octanol–water partition coefficient (Wildman–Crippen LogP) is -0.257. The molecule has 0 saturated carbocycles. The van der Waals surface area contributed by atoms with E-state index in [0.29, 0.717) is 13.0 Å². The molecular weight excluding hydrogens is 194 g/mol. The van der Waals surface area contributed by atoms with Gasteiger partial charge < -0.3 is 5.11 Å². The summed E-state index contributed by atoms with van der Waals surface area (Å²) in [5.41, 5.74) is 0. The molecule has 0 radical (unpaired) electrons. The van der Waals surface area contributed by atoms with Crippen LogP contribution in [-0.4, -0.2) is 42.6 Å². The Hall–Kier alpha value is -0.620. The van der Waals surface area contributed by atoms with Crippen molar-refractivity contribution in [3.63, 3.8) is 0 Å². The van der Waals surface area contributed by atoms with Gasteiger partial charge in [0.1, 0.15) is 0 Å². The zero-order chi connectivity index (χ0) is 10.1. The average Bonchev–Trinajstić information content (AvgIpc) is 2.52. The molecule has 0 amide bonds. The van der Waals surface area contributed by atoms with Gasteiger partial charge in [-0.1, -0.05) is 0 Å². The van der Waals surface area contributed by atoms with E-state index in [4.69, 9.17) is 5.11 Å². The Morgan fingerprint density at radius 2 is 2.23 bits per heavy atom. The van der Waals surface area contributed by atoms with Gasteiger partial charge >= 0.3 is 5.97 Å². The molecule has 1 rings (SSSR count). The summed E-state index contributed by atoms with van der Waals surface area (Å²) < 4.78 is 23.9. The van der Waals surface area contributed by atoms with Crippen molar-refractivity contribution in [3.05, 3.63) is 0 Å². The number of hydrogen-bond donors (Lipinski definition) is 1. The maximum absolute atomic E-state index is 11.3. The smallest absolute Gasteiger partial charge is 0.307 e. The highest BCUT2D eigenvalue weighted by molar-refractivity contribution is 7.89. The van der Waals surface area contributed by atoms with Crippen molar-refractivity contribution < 1.29 is 18.3 Å². The summed E-state index contributed by atoms with van der Waals surface area (Å²) in [6.07, 6.45) is 0.425. The quantitative estimate of drug-likeness (QED) is 0.692. The standard InChI is InChI=1S/C7H13NO4S/c1-2-13(11,12)8-4-3-6(5-8)7(9)10/h6H,2-5H2,1H3,(H,9,10)/t6-/m1/s1. The van der Waals surface area contributed by atoms with Crippen molar-refractivity contribution in [2.45, 2.75) is 13.3 Å². The summed E-state index contributed by atoms with van der Waals surface area (Å²) in [4.78, 5) is 10.5. The summed E-state index contributed by atoms with van der Waals surface area (Å²) in [7, 11) is -3.19. The van der Waals surface area contributed by atoms with Gasteiger partial charge in [-0.25, -0.2) is 12.7 Å². The third-order valence-electron chi connectivity index (χ3n) is 2.26. The first-order chi connectivity index (χ1) is 5.97. The largest absolute Gasteiger partial charge is 0.481 e. The second-order valence-corrected chi connectivity index (χ2v) is 5.34. The fourth-order valence-corrected chi connectivity index (χ4v) is 2.52. The summed E-state index contributed by atoms with van der Waals surface area (Å²) in [6, 6.07) is 0. The molecule has 0 unspecified atom stereocenters. The number of carboxylic acid groups (broad SMARTS) is 1. The van der Waals surface area contributed by atoms with E-state index in [2.05, 4.69) is 0 Å². The summed E-state index contributed by atoms with van der Waals surface area (Å²) >= 11 is 0. The minimum atomic E-state index is -3.19. The van der Waals surface area contributed by atoms with E-state index in [1.807, 2.05) is 0 Å². The van der Waals surface area contributed by atoms with Crippen molar-refractivity contribution in [3.8, 4) is 0 Å². The molecule has 1 atom stereocenters. The molecule has 1 saturated heterocycles. The summed E-state index contributed by atoms with van der Waals surface area (Å²) in [5.74, 6) is -1.39. The van der Waals surface area contributed by atoms with E-state index < -0.39 is 21.9 Å². The van der Waals surface area contributed by atoms with Gasteiger partial charge in [0.05, 0.1) is 11.7 Å². The topological polar surface area (TPSA) is 74.7 Å². The fourth-order valence-electron chi connectivity index (χ4n) is 1.37. The first-order valence-corrected chi connectivity index (χ1v) is 5.79. The Labute approximate surface area is 77.4 Å². The van der Waals surface area contributed by atoms with Gasteiger partial charge in [-0.05, 0) is 13.3 Å². The Morgan fingerprint density at radius 1 is 1.62 bits per heavy atom. The van der Waals surface area contributed by atoms with Crippen molar-refractivity contribution >= 4 is 16.0 Å². The van der Waals surface area contributed by atoms with Gasteiger partial charge in [-0.2, -0.15) is 0 Å². The third kappa shape index (κ3) is 2.19. The van der Waals surface area contributed by atoms with Gasteiger partial charge in [0.2, 0.25) is 10.0 Å². The average molecular weight is 207 g/mol. The molecule has 0 bridgehead atoms. The molecule has 1 aliphatic heterocycles. The second kappa shape index (κ2) is 3.63. The molecule has 13 heavy (non-hydrogen) atoms. The van der Waals surface area contributed by atoms with Crippen molar-refractivity contribution in [1.82, 2.24) is 4.31 Å². The number of hydrogen-bond acceptors (Lipinski definition) is 3. The molecule has 1 aliphatic rings. The number of aliphatic carboxylic acids is 1. The molecule has 6 heteroatoms. The lowest BCUT2D eigenvalue weighted by Crippen LogP contribution is -2.31. The Bertz CT molecular complexity index is 298. The number of carbonyl (C=O) groups is 1. The highest BCUT2D eigenvalue weighted by Gasteiger charge is 2.33. The molecule has 0 aromatic rings. The van der Waals surface area contributed by atoms with Crippen LogP contribution in [0.3, 0.4) is 0 Å². The van der Waals surface area contributed by atoms with E-state index in [1.165, 1.54) is 4.31 Å². The van der Waals surface area contributed by atoms with Crippen LogP contribution in [0.15, 0.2) is 0 Å². The number of rotatable bonds is 3. The highest BCUT2D eigenvalue weighted by Crippen LogP contribution is 2.19. The SMILES string of the molecule is CCS(=O)(=O)N1CC[C@@H](C(=O)O)C1. The first kappa shape index (κ1) is 10.5. The van der Waals surface area contributed by atoms with Crippen LogP contribution in [0.25, 0.3) is 0 Å². The van der Waals surface area contributed by atoms with E-state index in [1.54, 1.807) is 6.92 Å². The van der Waals surface area contributed by atoms with Gasteiger partial charge in [0, 0.05) is 13.1 Å². The van der Waals surface area contributed by atoms with Crippen LogP contribution in [0, 0.1) is 5.92 Å². The molecule has 5 nitrogen and oxygen atoms in total. The lowest BCUT2D eigenvalue weighted by molar-refractivity contribution is -0.141. The normalized spacial score (nSPS) is 24.8. The van der Waals surface area contributed by atoms with Crippen LogP contribution >= 0.6 is 0 Å². The molecule has 1 N–H and O–H groups in total. The van der Waals surface area contributed by atoms with Crippen LogP contribution in [0.2, 0.25) is 0 Å². The van der Waals surface area contributed by atoms with Crippen LogP contribution in [-0.2, 0) is 14.8 Å². The van der Waals surface area contributed by atoms with Gasteiger partial charge in [0.15, 0.2) is 0 Å². The van der Waals surface area contributed by atoms with Crippen LogP contribution in [0.5, 0.6) is 0 Å². The maximum Gasteiger partial charge on any atom is 0.307 e. The van der Waals surface area contributed by atoms with E-state index in [-0.39, 0.29) is 12.3 Å². The molecule has 0 aromatic heterocycles. The van der Waals surface area contributed by atoms with Gasteiger partial charge in [0.25, 0.3) is 0 Å². The van der Waals surface area contributed by atoms with Crippen LogP contribution < -0.4 is 0 Å². The van der Waals surface area contributed by atoms with Gasteiger partial charge in [-0.15, -0.1) is 0 Å².